The molecule has 1 aliphatic rings. The van der Waals surface area contributed by atoms with Crippen LogP contribution in [0.2, 0.25) is 0 Å². The monoisotopic (exact) mass is 291 g/mol. The number of para-hydroxylation sites is 1. The summed E-state index contributed by atoms with van der Waals surface area (Å²) in [5.41, 5.74) is 5.26. The summed E-state index contributed by atoms with van der Waals surface area (Å²) in [5, 5.41) is 1.34. The molecule has 1 fully saturated rings. The molecule has 1 atom stereocenters. The lowest BCUT2D eigenvalue weighted by Gasteiger charge is -2.28. The first-order valence-corrected chi connectivity index (χ1v) is 8.06. The second-order valence-corrected chi connectivity index (χ2v) is 6.14. The number of hydrogen-bond donors (Lipinski definition) is 1. The van der Waals surface area contributed by atoms with Gasteiger partial charge in [0.1, 0.15) is 0 Å². The summed E-state index contributed by atoms with van der Waals surface area (Å²) < 4.78 is 0. The first-order valence-electron chi connectivity index (χ1n) is 8.06. The van der Waals surface area contributed by atoms with E-state index in [9.17, 15) is 0 Å². The van der Waals surface area contributed by atoms with Gasteiger partial charge in [-0.1, -0.05) is 18.2 Å². The number of H-pyrrole nitrogens is 1. The maximum atomic E-state index is 4.19. The largest absolute Gasteiger partial charge is 0.358 e. The summed E-state index contributed by atoms with van der Waals surface area (Å²) in [7, 11) is 0. The quantitative estimate of drug-likeness (QED) is 0.789. The van der Waals surface area contributed by atoms with Crippen LogP contribution in [0.4, 0.5) is 0 Å². The Bertz CT molecular complexity index is 770. The number of aryl methyl sites for hydroxylation is 1. The van der Waals surface area contributed by atoms with Crippen molar-refractivity contribution in [1.29, 1.82) is 0 Å². The van der Waals surface area contributed by atoms with Gasteiger partial charge in [0.25, 0.3) is 0 Å². The molecule has 0 radical (unpaired) electrons. The minimum absolute atomic E-state index is 0.321. The Morgan fingerprint density at radius 2 is 1.77 bits per heavy atom. The van der Waals surface area contributed by atoms with Crippen LogP contribution in [-0.2, 0) is 0 Å². The summed E-state index contributed by atoms with van der Waals surface area (Å²) in [6.07, 6.45) is 6.40. The van der Waals surface area contributed by atoms with Gasteiger partial charge in [-0.3, -0.25) is 9.88 Å². The zero-order chi connectivity index (χ0) is 14.9. The lowest BCUT2D eigenvalue weighted by Crippen LogP contribution is -2.27. The van der Waals surface area contributed by atoms with E-state index in [-0.39, 0.29) is 0 Å². The van der Waals surface area contributed by atoms with Crippen molar-refractivity contribution < 1.29 is 0 Å². The van der Waals surface area contributed by atoms with Crippen molar-refractivity contribution in [2.24, 2.45) is 0 Å². The number of hydrogen-bond acceptors (Lipinski definition) is 2. The average molecular weight is 291 g/mol. The van der Waals surface area contributed by atoms with Crippen molar-refractivity contribution in [2.75, 3.05) is 13.1 Å². The average Bonchev–Trinajstić information content (AvgIpc) is 3.18. The topological polar surface area (TPSA) is 31.9 Å². The van der Waals surface area contributed by atoms with Crippen LogP contribution in [0.5, 0.6) is 0 Å². The Morgan fingerprint density at radius 1 is 1.05 bits per heavy atom. The minimum Gasteiger partial charge on any atom is -0.358 e. The number of likely N-dealkylation sites (tertiary alicyclic amines) is 1. The van der Waals surface area contributed by atoms with Crippen LogP contribution < -0.4 is 0 Å². The van der Waals surface area contributed by atoms with Crippen molar-refractivity contribution in [1.82, 2.24) is 14.9 Å². The lowest BCUT2D eigenvalue weighted by molar-refractivity contribution is 0.281. The summed E-state index contributed by atoms with van der Waals surface area (Å²) in [6.45, 7) is 4.54. The van der Waals surface area contributed by atoms with Gasteiger partial charge in [-0.25, -0.2) is 0 Å². The van der Waals surface area contributed by atoms with Crippen LogP contribution in [0.25, 0.3) is 10.9 Å². The molecule has 22 heavy (non-hydrogen) atoms. The Morgan fingerprint density at radius 3 is 2.55 bits per heavy atom. The third kappa shape index (κ3) is 2.22. The first kappa shape index (κ1) is 13.5. The standard InChI is InChI=1S/C19H21N3/c1-14-18(16-6-2-3-7-17(16)21-14)19(22-12-4-5-13-22)15-8-10-20-11-9-15/h2-3,6-11,19,21H,4-5,12-13H2,1H3/t19-/m1/s1. The van der Waals surface area contributed by atoms with Crippen molar-refractivity contribution in [2.45, 2.75) is 25.8 Å². The van der Waals surface area contributed by atoms with E-state index in [0.29, 0.717) is 6.04 Å². The Balaban J connectivity index is 1.91. The molecule has 0 bridgehead atoms. The van der Waals surface area contributed by atoms with Gasteiger partial charge in [-0.05, 0) is 56.6 Å². The molecule has 0 aliphatic carbocycles. The number of aromatic amines is 1. The summed E-state index contributed by atoms with van der Waals surface area (Å²) in [4.78, 5) is 10.4. The summed E-state index contributed by atoms with van der Waals surface area (Å²) in [6, 6.07) is 13.3. The zero-order valence-corrected chi connectivity index (χ0v) is 12.9. The Kier molecular flexibility index (Phi) is 3.43. The number of fused-ring (bicyclic) bond motifs is 1. The fourth-order valence-electron chi connectivity index (χ4n) is 3.76. The van der Waals surface area contributed by atoms with Crippen molar-refractivity contribution >= 4 is 10.9 Å². The van der Waals surface area contributed by atoms with E-state index in [4.69, 9.17) is 0 Å². The molecule has 3 heterocycles. The zero-order valence-electron chi connectivity index (χ0n) is 12.9. The molecule has 4 rings (SSSR count). The highest BCUT2D eigenvalue weighted by Crippen LogP contribution is 2.37. The second kappa shape index (κ2) is 5.58. The number of pyridine rings is 1. The van der Waals surface area contributed by atoms with Gasteiger partial charge in [-0.2, -0.15) is 0 Å². The SMILES string of the molecule is Cc1[nH]c2ccccc2c1[C@@H](c1ccncc1)N1CCCC1. The van der Waals surface area contributed by atoms with Crippen LogP contribution >= 0.6 is 0 Å². The van der Waals surface area contributed by atoms with Gasteiger partial charge in [0.05, 0.1) is 6.04 Å². The maximum absolute atomic E-state index is 4.19. The molecule has 0 saturated carbocycles. The molecule has 3 heteroatoms. The summed E-state index contributed by atoms with van der Waals surface area (Å²) >= 11 is 0. The highest BCUT2D eigenvalue weighted by Gasteiger charge is 2.28. The van der Waals surface area contributed by atoms with Crippen molar-refractivity contribution in [3.8, 4) is 0 Å². The number of benzene rings is 1. The van der Waals surface area contributed by atoms with E-state index in [0.717, 1.165) is 0 Å². The first-order chi connectivity index (χ1) is 10.8. The van der Waals surface area contributed by atoms with Gasteiger partial charge < -0.3 is 4.98 Å². The van der Waals surface area contributed by atoms with E-state index in [1.165, 1.54) is 53.7 Å². The summed E-state index contributed by atoms with van der Waals surface area (Å²) in [5.74, 6) is 0. The van der Waals surface area contributed by atoms with Crippen LogP contribution in [0, 0.1) is 6.92 Å². The third-order valence-electron chi connectivity index (χ3n) is 4.74. The molecule has 3 aromatic rings. The van der Waals surface area contributed by atoms with Crippen LogP contribution in [-0.4, -0.2) is 28.0 Å². The molecule has 1 aromatic carbocycles. The molecule has 1 N–H and O–H groups in total. The maximum Gasteiger partial charge on any atom is 0.0626 e. The molecule has 112 valence electrons. The van der Waals surface area contributed by atoms with Crippen LogP contribution in [0.1, 0.15) is 35.7 Å². The van der Waals surface area contributed by atoms with Crippen molar-refractivity contribution in [3.63, 3.8) is 0 Å². The van der Waals surface area contributed by atoms with Crippen LogP contribution in [0.3, 0.4) is 0 Å². The Labute approximate surface area is 131 Å². The molecule has 0 unspecified atom stereocenters. The van der Waals surface area contributed by atoms with Gasteiger partial charge >= 0.3 is 0 Å². The molecule has 1 saturated heterocycles. The second-order valence-electron chi connectivity index (χ2n) is 6.14. The molecular weight excluding hydrogens is 270 g/mol. The van der Waals surface area contributed by atoms with Gasteiger partial charge in [0.2, 0.25) is 0 Å². The van der Waals surface area contributed by atoms with Gasteiger partial charge in [0, 0.05) is 34.6 Å². The minimum atomic E-state index is 0.321. The molecule has 3 nitrogen and oxygen atoms in total. The predicted molar refractivity (Wildman–Crippen MR) is 89.9 cm³/mol. The Hall–Kier alpha value is -2.13. The molecular formula is C19H21N3. The van der Waals surface area contributed by atoms with Crippen molar-refractivity contribution in [3.05, 3.63) is 65.6 Å². The fraction of sp³-hybridized carbons (Fsp3) is 0.316. The highest BCUT2D eigenvalue weighted by molar-refractivity contribution is 5.85. The molecule has 1 aliphatic heterocycles. The lowest BCUT2D eigenvalue weighted by atomic mass is 9.95. The molecule has 0 amide bonds. The van der Waals surface area contributed by atoms with E-state index in [1.54, 1.807) is 0 Å². The smallest absolute Gasteiger partial charge is 0.0626 e. The number of nitrogens with zero attached hydrogens (tertiary/aromatic N) is 2. The third-order valence-corrected chi connectivity index (χ3v) is 4.74. The number of rotatable bonds is 3. The van der Waals surface area contributed by atoms with E-state index in [2.05, 4.69) is 58.2 Å². The predicted octanol–water partition coefficient (Wildman–Crippen LogP) is 4.06. The van der Waals surface area contributed by atoms with E-state index >= 15 is 0 Å². The number of nitrogens with one attached hydrogen (secondary N) is 1. The van der Waals surface area contributed by atoms with E-state index < -0.39 is 0 Å². The number of aromatic nitrogens is 2. The van der Waals surface area contributed by atoms with Crippen LogP contribution in [0.15, 0.2) is 48.8 Å². The van der Waals surface area contributed by atoms with Gasteiger partial charge in [0.15, 0.2) is 0 Å². The normalized spacial score (nSPS) is 17.1. The fourth-order valence-corrected chi connectivity index (χ4v) is 3.76. The van der Waals surface area contributed by atoms with E-state index in [1.807, 2.05) is 12.4 Å². The molecule has 2 aromatic heterocycles. The van der Waals surface area contributed by atoms with Gasteiger partial charge in [-0.15, -0.1) is 0 Å². The highest BCUT2D eigenvalue weighted by atomic mass is 15.2. The molecule has 0 spiro atoms.